The topological polar surface area (TPSA) is 93.6 Å². The monoisotopic (exact) mass is 375 g/mol. The van der Waals surface area contributed by atoms with Gasteiger partial charge in [0.25, 0.3) is 6.43 Å². The van der Waals surface area contributed by atoms with Crippen molar-refractivity contribution in [2.24, 2.45) is 5.92 Å². The lowest BCUT2D eigenvalue weighted by atomic mass is 9.98. The maximum absolute atomic E-state index is 12.4. The molecule has 9 heteroatoms. The molecule has 0 saturated carbocycles. The molecular weight excluding hydrogens is 352 g/mol. The van der Waals surface area contributed by atoms with Crippen LogP contribution in [0.5, 0.6) is 0 Å². The van der Waals surface area contributed by atoms with Gasteiger partial charge in [-0.1, -0.05) is 0 Å². The van der Waals surface area contributed by atoms with Crippen molar-refractivity contribution in [1.29, 1.82) is 5.41 Å². The Balaban J connectivity index is 1.73. The van der Waals surface area contributed by atoms with Crippen LogP contribution in [-0.2, 0) is 0 Å². The smallest absolute Gasteiger partial charge is 0.279 e. The molecule has 1 unspecified atom stereocenters. The van der Waals surface area contributed by atoms with Gasteiger partial charge in [-0.15, -0.1) is 0 Å². The number of anilines is 1. The van der Waals surface area contributed by atoms with Crippen molar-refractivity contribution in [3.05, 3.63) is 30.5 Å². The van der Waals surface area contributed by atoms with E-state index >= 15 is 0 Å². The second-order valence-corrected chi connectivity index (χ2v) is 6.54. The van der Waals surface area contributed by atoms with E-state index in [2.05, 4.69) is 30.2 Å². The molecule has 1 atom stereocenters. The molecule has 3 rings (SSSR count). The summed E-state index contributed by atoms with van der Waals surface area (Å²) in [4.78, 5) is 18.1. The molecule has 0 aromatic carbocycles. The van der Waals surface area contributed by atoms with Crippen molar-refractivity contribution in [3.8, 4) is 11.4 Å². The van der Waals surface area contributed by atoms with Crippen LogP contribution in [0.25, 0.3) is 17.5 Å². The van der Waals surface area contributed by atoms with Crippen molar-refractivity contribution >= 4 is 17.6 Å². The van der Waals surface area contributed by atoms with Crippen LogP contribution in [0.1, 0.15) is 18.7 Å². The number of alkyl halides is 2. The molecule has 7 nitrogen and oxygen atoms in total. The summed E-state index contributed by atoms with van der Waals surface area (Å²) >= 11 is 0. The Morgan fingerprint density at radius 3 is 3.07 bits per heavy atom. The highest BCUT2D eigenvalue weighted by molar-refractivity contribution is 5.97. The van der Waals surface area contributed by atoms with Crippen molar-refractivity contribution in [1.82, 2.24) is 25.3 Å². The molecule has 2 aromatic rings. The fourth-order valence-corrected chi connectivity index (χ4v) is 3.19. The summed E-state index contributed by atoms with van der Waals surface area (Å²) in [5.74, 6) is 1.85. The van der Waals surface area contributed by atoms with Gasteiger partial charge < -0.3 is 15.2 Å². The van der Waals surface area contributed by atoms with Crippen LogP contribution in [0.3, 0.4) is 0 Å². The van der Waals surface area contributed by atoms with E-state index in [9.17, 15) is 8.78 Å². The number of imidazole rings is 1. The second-order valence-electron chi connectivity index (χ2n) is 6.54. The summed E-state index contributed by atoms with van der Waals surface area (Å²) in [6, 6.07) is 1.91. The van der Waals surface area contributed by atoms with Crippen LogP contribution in [0.4, 0.5) is 14.6 Å². The van der Waals surface area contributed by atoms with Gasteiger partial charge in [-0.3, -0.25) is 5.41 Å². The highest BCUT2D eigenvalue weighted by atomic mass is 19.3. The molecule has 0 amide bonds. The number of H-pyrrole nitrogens is 1. The Bertz CT molecular complexity index is 801. The lowest BCUT2D eigenvalue weighted by molar-refractivity contribution is 0.226. The molecule has 3 heterocycles. The van der Waals surface area contributed by atoms with Crippen LogP contribution < -0.4 is 10.2 Å². The number of halogens is 2. The Morgan fingerprint density at radius 2 is 2.30 bits per heavy atom. The average molecular weight is 375 g/mol. The largest absolute Gasteiger partial charge is 0.356 e. The number of nitrogens with zero attached hydrogens (tertiary/aromatic N) is 4. The zero-order valence-electron chi connectivity index (χ0n) is 15.1. The van der Waals surface area contributed by atoms with Gasteiger partial charge in [0.05, 0.1) is 23.3 Å². The molecule has 27 heavy (non-hydrogen) atoms. The van der Waals surface area contributed by atoms with Gasteiger partial charge in [0.15, 0.2) is 0 Å². The Morgan fingerprint density at radius 1 is 1.44 bits per heavy atom. The number of hydrogen-bond donors (Lipinski definition) is 3. The molecule has 0 aliphatic carbocycles. The second kappa shape index (κ2) is 8.81. The Hall–Kier alpha value is -2.68. The van der Waals surface area contributed by atoms with Crippen LogP contribution in [0, 0.1) is 11.3 Å². The van der Waals surface area contributed by atoms with Gasteiger partial charge in [-0.2, -0.15) is 0 Å². The third kappa shape index (κ3) is 4.94. The zero-order chi connectivity index (χ0) is 19.2. The van der Waals surface area contributed by atoms with Gasteiger partial charge in [0.1, 0.15) is 18.0 Å². The normalized spacial score (nSPS) is 17.8. The lowest BCUT2D eigenvalue weighted by Gasteiger charge is -2.33. The summed E-state index contributed by atoms with van der Waals surface area (Å²) in [7, 11) is 1.97. The molecule has 1 saturated heterocycles. The number of nitrogens with one attached hydrogen (secondary N) is 3. The standard InChI is InChI=1S/C18H23F2N7/c1-22-8-12-3-2-6-27(10-12)17-7-14(24-11-25-17)15-9-23-16(26-15)5-4-13(21)18(19)20/h4-5,7,9,11-12,18,21-22H,2-3,6,8,10H2,1H3,(H,23,26)/b5-4-,21-13?. The van der Waals surface area contributed by atoms with Gasteiger partial charge in [-0.05, 0) is 44.5 Å². The highest BCUT2D eigenvalue weighted by Crippen LogP contribution is 2.24. The number of hydrogen-bond acceptors (Lipinski definition) is 6. The van der Waals surface area contributed by atoms with Crippen molar-refractivity contribution in [2.45, 2.75) is 19.3 Å². The average Bonchev–Trinajstić information content (AvgIpc) is 3.16. The van der Waals surface area contributed by atoms with Crippen molar-refractivity contribution in [3.63, 3.8) is 0 Å². The molecule has 1 aliphatic heterocycles. The van der Waals surface area contributed by atoms with Gasteiger partial charge >= 0.3 is 0 Å². The maximum atomic E-state index is 12.4. The molecule has 144 valence electrons. The highest BCUT2D eigenvalue weighted by Gasteiger charge is 2.21. The van der Waals surface area contributed by atoms with E-state index in [-0.39, 0.29) is 0 Å². The van der Waals surface area contributed by atoms with E-state index in [1.807, 2.05) is 13.1 Å². The van der Waals surface area contributed by atoms with Crippen LogP contribution in [-0.4, -0.2) is 58.8 Å². The zero-order valence-corrected chi connectivity index (χ0v) is 15.1. The minimum atomic E-state index is -2.80. The molecule has 0 spiro atoms. The number of aromatic nitrogens is 4. The first-order chi connectivity index (χ1) is 13.1. The van der Waals surface area contributed by atoms with E-state index < -0.39 is 12.1 Å². The molecule has 3 N–H and O–H groups in total. The Kier molecular flexibility index (Phi) is 6.23. The summed E-state index contributed by atoms with van der Waals surface area (Å²) in [5, 5.41) is 10.4. The summed E-state index contributed by atoms with van der Waals surface area (Å²) in [5.41, 5.74) is 0.607. The minimum Gasteiger partial charge on any atom is -0.356 e. The van der Waals surface area contributed by atoms with Crippen LogP contribution >= 0.6 is 0 Å². The van der Waals surface area contributed by atoms with E-state index in [0.717, 1.165) is 37.9 Å². The summed E-state index contributed by atoms with van der Waals surface area (Å²) in [6.07, 6.45) is 5.05. The third-order valence-corrected chi connectivity index (χ3v) is 4.52. The fourth-order valence-electron chi connectivity index (χ4n) is 3.19. The Labute approximate surface area is 156 Å². The molecule has 0 bridgehead atoms. The summed E-state index contributed by atoms with van der Waals surface area (Å²) in [6.45, 7) is 2.89. The first-order valence-corrected chi connectivity index (χ1v) is 8.88. The first-order valence-electron chi connectivity index (χ1n) is 8.88. The lowest BCUT2D eigenvalue weighted by Crippen LogP contribution is -2.39. The van der Waals surface area contributed by atoms with E-state index in [4.69, 9.17) is 5.41 Å². The fraction of sp³-hybridized carbons (Fsp3) is 0.444. The van der Waals surface area contributed by atoms with Crippen LogP contribution in [0.15, 0.2) is 24.7 Å². The SMILES string of the molecule is CNCC1CCCN(c2cc(-c3cnc(/C=C\C(=N)C(F)F)[nH]3)ncn2)C1. The third-order valence-electron chi connectivity index (χ3n) is 4.52. The molecule has 0 radical (unpaired) electrons. The number of aromatic amines is 1. The predicted octanol–water partition coefficient (Wildman–Crippen LogP) is 2.60. The first kappa shape index (κ1) is 19.1. The summed E-state index contributed by atoms with van der Waals surface area (Å²) < 4.78 is 24.7. The van der Waals surface area contributed by atoms with Crippen LogP contribution in [0.2, 0.25) is 0 Å². The van der Waals surface area contributed by atoms with E-state index in [1.54, 1.807) is 6.20 Å². The molecular formula is C18H23F2N7. The number of rotatable bonds is 7. The maximum Gasteiger partial charge on any atom is 0.279 e. The van der Waals surface area contributed by atoms with Crippen molar-refractivity contribution < 1.29 is 8.78 Å². The molecule has 2 aromatic heterocycles. The van der Waals surface area contributed by atoms with Gasteiger partial charge in [-0.25, -0.2) is 23.7 Å². The van der Waals surface area contributed by atoms with E-state index in [0.29, 0.717) is 23.1 Å². The molecule has 1 fully saturated rings. The van der Waals surface area contributed by atoms with Gasteiger partial charge in [0, 0.05) is 19.2 Å². The molecule has 1 aliphatic rings. The van der Waals surface area contributed by atoms with Crippen molar-refractivity contribution in [2.75, 3.05) is 31.6 Å². The van der Waals surface area contributed by atoms with E-state index in [1.165, 1.54) is 18.8 Å². The quantitative estimate of drug-likeness (QED) is 0.647. The minimum absolute atomic E-state index is 0.391. The van der Waals surface area contributed by atoms with Gasteiger partial charge in [0.2, 0.25) is 0 Å². The number of piperidine rings is 1. The number of allylic oxidation sites excluding steroid dienone is 1. The predicted molar refractivity (Wildman–Crippen MR) is 101 cm³/mol.